The average Bonchev–Trinajstić information content (AvgIpc) is 3.70. The molecule has 5 atom stereocenters. The highest BCUT2D eigenvalue weighted by molar-refractivity contribution is 7.89. The number of alkyl carbamates (subject to hydrolysis) is 1. The van der Waals surface area contributed by atoms with E-state index >= 15 is 0 Å². The van der Waals surface area contributed by atoms with Gasteiger partial charge in [0.25, 0.3) is 0 Å². The number of nitrogens with zero attached hydrogens (tertiary/aromatic N) is 3. The van der Waals surface area contributed by atoms with E-state index in [0.717, 1.165) is 17.5 Å². The van der Waals surface area contributed by atoms with E-state index in [2.05, 4.69) is 24.1 Å². The molecule has 2 aliphatic rings. The zero-order valence-corrected chi connectivity index (χ0v) is 26.7. The Morgan fingerprint density at radius 2 is 1.89 bits per heavy atom. The first-order valence-electron chi connectivity index (χ1n) is 15.4. The number of carbonyl (C=O) groups excluding carboxylic acids is 1. The number of nitrogens with one attached hydrogen (secondary N) is 1. The molecule has 0 aliphatic carbocycles. The van der Waals surface area contributed by atoms with Crippen molar-refractivity contribution >= 4 is 27.1 Å². The normalized spacial score (nSPS) is 21.7. The predicted molar refractivity (Wildman–Crippen MR) is 165 cm³/mol. The van der Waals surface area contributed by atoms with Gasteiger partial charge in [0.05, 0.1) is 53.5 Å². The molecule has 2 aromatic carbocycles. The van der Waals surface area contributed by atoms with Crippen LogP contribution in [0.3, 0.4) is 0 Å². The minimum Gasteiger partial charge on any atom is -0.443 e. The van der Waals surface area contributed by atoms with Crippen LogP contribution in [-0.2, 0) is 37.2 Å². The highest BCUT2D eigenvalue weighted by Crippen LogP contribution is 2.33. The highest BCUT2D eigenvalue weighted by atomic mass is 32.2. The Morgan fingerprint density at radius 1 is 1.11 bits per heavy atom. The van der Waals surface area contributed by atoms with Crippen molar-refractivity contribution < 1.29 is 32.5 Å². The Morgan fingerprint density at radius 3 is 2.61 bits per heavy atom. The van der Waals surface area contributed by atoms with E-state index in [-0.39, 0.29) is 49.1 Å². The van der Waals surface area contributed by atoms with Crippen LogP contribution in [0.5, 0.6) is 0 Å². The lowest BCUT2D eigenvalue weighted by Crippen LogP contribution is -2.51. The monoisotopic (exact) mass is 628 g/mol. The quantitative estimate of drug-likeness (QED) is 0.292. The Hall–Kier alpha value is -3.03. The Labute approximate surface area is 259 Å². The topological polar surface area (TPSA) is 132 Å². The number of fused-ring (bicyclic) bond motifs is 2. The van der Waals surface area contributed by atoms with Crippen molar-refractivity contribution in [3.8, 4) is 0 Å². The molecule has 2 aliphatic heterocycles. The van der Waals surface area contributed by atoms with Gasteiger partial charge in [0, 0.05) is 19.6 Å². The summed E-state index contributed by atoms with van der Waals surface area (Å²) in [4.78, 5) is 17.7. The van der Waals surface area contributed by atoms with E-state index in [9.17, 15) is 18.3 Å². The van der Waals surface area contributed by atoms with E-state index in [1.807, 2.05) is 48.7 Å². The fraction of sp³-hybridized carbons (Fsp3) is 0.562. The number of rotatable bonds is 13. The molecule has 240 valence electrons. The number of hydrogen-bond donors (Lipinski definition) is 2. The molecule has 0 bridgehead atoms. The molecule has 44 heavy (non-hydrogen) atoms. The van der Waals surface area contributed by atoms with Crippen LogP contribution in [0.2, 0.25) is 0 Å². The lowest BCUT2D eigenvalue weighted by molar-refractivity contribution is -0.0907. The molecule has 0 saturated carbocycles. The number of ether oxygens (including phenoxy) is 3. The van der Waals surface area contributed by atoms with Crippen molar-refractivity contribution in [2.75, 3.05) is 26.3 Å². The number of sulfonamides is 1. The summed E-state index contributed by atoms with van der Waals surface area (Å²) in [6.07, 6.45) is 0.0222. The summed E-state index contributed by atoms with van der Waals surface area (Å²) in [5, 5.41) is 14.4. The third-order valence-electron chi connectivity index (χ3n) is 8.06. The third-order valence-corrected chi connectivity index (χ3v) is 9.89. The van der Waals surface area contributed by atoms with E-state index in [0.29, 0.717) is 24.6 Å². The minimum absolute atomic E-state index is 0.0124. The molecule has 2 N–H and O–H groups in total. The number of aliphatic hydroxyl groups is 1. The molecule has 2 fully saturated rings. The average molecular weight is 629 g/mol. The van der Waals surface area contributed by atoms with Gasteiger partial charge in [-0.3, -0.25) is 0 Å². The fourth-order valence-corrected chi connectivity index (χ4v) is 7.56. The van der Waals surface area contributed by atoms with Crippen LogP contribution in [0, 0.1) is 17.8 Å². The standard InChI is InChI=1S/C32H44N4O7S/c1-21(2)16-35-20-33-26-11-10-24(15-28(26)35)44(39,40)36(17-22(3)4)18-29(37)27(14-23-8-6-5-7-9-23)34-32(38)43-30-19-42-31-25(30)12-13-41-31/h5-11,15,20-22,25,27,29-31,37H,12-14,16-19H2,1-4H3,(H,34,38)/t25-,27-,29+,30-,31+/m0/s1. The summed E-state index contributed by atoms with van der Waals surface area (Å²) < 4.78 is 48.3. The van der Waals surface area contributed by atoms with Gasteiger partial charge in [0.15, 0.2) is 6.29 Å². The lowest BCUT2D eigenvalue weighted by Gasteiger charge is -2.31. The van der Waals surface area contributed by atoms with Gasteiger partial charge in [-0.25, -0.2) is 18.2 Å². The molecule has 2 saturated heterocycles. The highest BCUT2D eigenvalue weighted by Gasteiger charge is 2.44. The number of aromatic nitrogens is 2. The molecule has 3 aromatic rings. The summed E-state index contributed by atoms with van der Waals surface area (Å²) >= 11 is 0. The molecule has 0 radical (unpaired) electrons. The lowest BCUT2D eigenvalue weighted by atomic mass is 10.0. The Bertz CT molecular complexity index is 1510. The van der Waals surface area contributed by atoms with Gasteiger partial charge in [-0.1, -0.05) is 58.0 Å². The van der Waals surface area contributed by atoms with E-state index in [4.69, 9.17) is 14.2 Å². The molecule has 1 aromatic heterocycles. The Balaban J connectivity index is 1.36. The summed E-state index contributed by atoms with van der Waals surface area (Å²) in [6.45, 7) is 9.52. The van der Waals surface area contributed by atoms with E-state index in [1.54, 1.807) is 24.5 Å². The van der Waals surface area contributed by atoms with E-state index < -0.39 is 34.4 Å². The maximum Gasteiger partial charge on any atom is 0.407 e. The number of amides is 1. The summed E-state index contributed by atoms with van der Waals surface area (Å²) in [6, 6.07) is 13.6. The first-order valence-corrected chi connectivity index (χ1v) is 16.8. The van der Waals surface area contributed by atoms with Crippen molar-refractivity contribution in [3.05, 3.63) is 60.4 Å². The zero-order chi connectivity index (χ0) is 31.4. The second kappa shape index (κ2) is 13.9. The van der Waals surface area contributed by atoms with Gasteiger partial charge < -0.3 is 29.2 Å². The maximum atomic E-state index is 14.1. The molecule has 11 nitrogen and oxygen atoms in total. The van der Waals surface area contributed by atoms with Gasteiger partial charge in [0.1, 0.15) is 6.10 Å². The first kappa shape index (κ1) is 32.4. The minimum atomic E-state index is -4.01. The molecule has 0 spiro atoms. The maximum absolute atomic E-state index is 14.1. The van der Waals surface area contributed by atoms with Crippen LogP contribution >= 0.6 is 0 Å². The van der Waals surface area contributed by atoms with Crippen LogP contribution in [0.15, 0.2) is 59.8 Å². The van der Waals surface area contributed by atoms with Crippen molar-refractivity contribution in [2.45, 2.75) is 76.5 Å². The van der Waals surface area contributed by atoms with Crippen LogP contribution in [-0.4, -0.2) is 84.3 Å². The van der Waals surface area contributed by atoms with Crippen molar-refractivity contribution in [1.82, 2.24) is 19.2 Å². The van der Waals surface area contributed by atoms with Crippen LogP contribution in [0.1, 0.15) is 39.7 Å². The van der Waals surface area contributed by atoms with Gasteiger partial charge in [0.2, 0.25) is 10.0 Å². The van der Waals surface area contributed by atoms with Gasteiger partial charge >= 0.3 is 6.09 Å². The van der Waals surface area contributed by atoms with Crippen LogP contribution in [0.25, 0.3) is 11.0 Å². The van der Waals surface area contributed by atoms with Crippen molar-refractivity contribution in [3.63, 3.8) is 0 Å². The molecular formula is C32H44N4O7S. The number of aliphatic hydroxyl groups excluding tert-OH is 1. The fourth-order valence-electron chi connectivity index (χ4n) is 5.92. The molecule has 5 rings (SSSR count). The SMILES string of the molecule is CC(C)CN(C[C@@H](O)[C@H](Cc1ccccc1)NC(=O)O[C@H]1CO[C@H]2OCC[C@H]21)S(=O)(=O)c1ccc2ncn(CC(C)C)c2c1. The van der Waals surface area contributed by atoms with Gasteiger partial charge in [-0.15, -0.1) is 0 Å². The van der Waals surface area contributed by atoms with Crippen molar-refractivity contribution in [2.24, 2.45) is 17.8 Å². The summed E-state index contributed by atoms with van der Waals surface area (Å²) in [7, 11) is -4.01. The third kappa shape index (κ3) is 7.60. The summed E-state index contributed by atoms with van der Waals surface area (Å²) in [5.74, 6) is 0.316. The predicted octanol–water partition coefficient (Wildman–Crippen LogP) is 3.80. The number of benzene rings is 2. The molecule has 0 unspecified atom stereocenters. The largest absolute Gasteiger partial charge is 0.443 e. The molecule has 3 heterocycles. The van der Waals surface area contributed by atoms with Gasteiger partial charge in [-0.2, -0.15) is 4.31 Å². The Kier molecular flexibility index (Phi) is 10.3. The number of carbonyl (C=O) groups is 1. The molecule has 1 amide bonds. The van der Waals surface area contributed by atoms with E-state index in [1.165, 1.54) is 4.31 Å². The second-order valence-corrected chi connectivity index (χ2v) is 14.6. The zero-order valence-electron chi connectivity index (χ0n) is 25.8. The molecular weight excluding hydrogens is 584 g/mol. The number of imidazole rings is 1. The summed E-state index contributed by atoms with van der Waals surface area (Å²) in [5.41, 5.74) is 2.34. The smallest absolute Gasteiger partial charge is 0.407 e. The van der Waals surface area contributed by atoms with Crippen LogP contribution in [0.4, 0.5) is 4.79 Å². The molecule has 12 heteroatoms. The number of hydrogen-bond acceptors (Lipinski definition) is 8. The van der Waals surface area contributed by atoms with Gasteiger partial charge in [-0.05, 0) is 48.4 Å². The first-order chi connectivity index (χ1) is 21.0. The van der Waals surface area contributed by atoms with Crippen LogP contribution < -0.4 is 5.32 Å². The van der Waals surface area contributed by atoms with Crippen molar-refractivity contribution in [1.29, 1.82) is 0 Å². The second-order valence-electron chi connectivity index (χ2n) is 12.6.